The molecule has 1 aromatic carbocycles. The van der Waals surface area contributed by atoms with E-state index < -0.39 is 9.84 Å². The second-order valence-electron chi connectivity index (χ2n) is 6.32. The van der Waals surface area contributed by atoms with Gasteiger partial charge in [0, 0.05) is 18.4 Å². The lowest BCUT2D eigenvalue weighted by Crippen LogP contribution is -2.21. The fraction of sp³-hybridized carbons (Fsp3) is 0.375. The number of hydrogen-bond acceptors (Lipinski definition) is 4. The molecule has 0 aliphatic heterocycles. The third-order valence-electron chi connectivity index (χ3n) is 4.08. The second kappa shape index (κ2) is 4.63. The normalized spacial score (nSPS) is 20.2. The molecule has 1 heterocycles. The highest BCUT2D eigenvalue weighted by Gasteiger charge is 2.41. The Bertz CT molecular complexity index is 797. The molecule has 0 bridgehead atoms. The van der Waals surface area contributed by atoms with Crippen molar-refractivity contribution in [1.82, 2.24) is 9.97 Å². The molecule has 0 spiro atoms. The molecule has 0 saturated carbocycles. The molecule has 0 N–H and O–H groups in total. The number of aromatic nitrogens is 2. The van der Waals surface area contributed by atoms with Crippen molar-refractivity contribution in [2.24, 2.45) is 5.41 Å². The summed E-state index contributed by atoms with van der Waals surface area (Å²) in [5, 5.41) is 0.0904. The molecule has 2 aromatic rings. The van der Waals surface area contributed by atoms with Crippen molar-refractivity contribution in [2.45, 2.75) is 31.2 Å². The van der Waals surface area contributed by atoms with Gasteiger partial charge in [0.15, 0.2) is 14.9 Å². The molecule has 1 aliphatic carbocycles. The van der Waals surface area contributed by atoms with E-state index in [1.807, 2.05) is 12.1 Å². The molecule has 21 heavy (non-hydrogen) atoms. The maximum Gasteiger partial charge on any atom is 0.192 e. The highest BCUT2D eigenvalue weighted by atomic mass is 32.2. The van der Waals surface area contributed by atoms with Crippen molar-refractivity contribution in [2.75, 3.05) is 6.26 Å². The lowest BCUT2D eigenvalue weighted by Gasteiger charge is -2.26. The van der Waals surface area contributed by atoms with Crippen molar-refractivity contribution in [3.63, 3.8) is 0 Å². The number of benzene rings is 1. The molecule has 1 aromatic heterocycles. The molecule has 3 rings (SSSR count). The van der Waals surface area contributed by atoms with E-state index in [0.717, 1.165) is 6.42 Å². The van der Waals surface area contributed by atoms with Crippen LogP contribution in [0.4, 0.5) is 0 Å². The second-order valence-corrected chi connectivity index (χ2v) is 8.29. The van der Waals surface area contributed by atoms with E-state index in [4.69, 9.17) is 0 Å². The Labute approximate surface area is 125 Å². The average Bonchev–Trinajstić information content (AvgIpc) is 2.67. The van der Waals surface area contributed by atoms with Crippen LogP contribution in [-0.4, -0.2) is 24.6 Å². The summed E-state index contributed by atoms with van der Waals surface area (Å²) in [5.41, 5.74) is 2.47. The van der Waals surface area contributed by atoms with E-state index >= 15 is 0 Å². The molecular formula is C16H18N2O2S. The molecule has 0 amide bonds. The first-order valence-electron chi connectivity index (χ1n) is 6.90. The number of rotatable bonds is 2. The van der Waals surface area contributed by atoms with Gasteiger partial charge in [-0.05, 0) is 29.0 Å². The average molecular weight is 302 g/mol. The minimum atomic E-state index is -3.32. The maximum atomic E-state index is 11.7. The summed E-state index contributed by atoms with van der Waals surface area (Å²) in [6.07, 6.45) is 3.66. The van der Waals surface area contributed by atoms with E-state index in [9.17, 15) is 8.42 Å². The molecule has 110 valence electrons. The minimum absolute atomic E-state index is 0.0235. The van der Waals surface area contributed by atoms with Gasteiger partial charge in [0.25, 0.3) is 0 Å². The molecule has 0 fully saturated rings. The highest BCUT2D eigenvalue weighted by Crippen LogP contribution is 2.49. The smallest absolute Gasteiger partial charge is 0.192 e. The zero-order valence-corrected chi connectivity index (χ0v) is 13.2. The van der Waals surface area contributed by atoms with Crippen LogP contribution in [0.3, 0.4) is 0 Å². The Balaban J connectivity index is 2.16. The summed E-state index contributed by atoms with van der Waals surface area (Å²) in [4.78, 5) is 8.68. The predicted octanol–water partition coefficient (Wildman–Crippen LogP) is 2.59. The van der Waals surface area contributed by atoms with Gasteiger partial charge in [-0.25, -0.2) is 18.4 Å². The molecule has 0 saturated heterocycles. The molecular weight excluding hydrogens is 284 g/mol. The van der Waals surface area contributed by atoms with Gasteiger partial charge in [0.05, 0.1) is 0 Å². The monoisotopic (exact) mass is 302 g/mol. The summed E-state index contributed by atoms with van der Waals surface area (Å²) in [6.45, 7) is 4.35. The maximum absolute atomic E-state index is 11.7. The van der Waals surface area contributed by atoms with Crippen molar-refractivity contribution in [1.29, 1.82) is 0 Å². The van der Waals surface area contributed by atoms with Gasteiger partial charge in [-0.3, -0.25) is 0 Å². The third-order valence-corrected chi connectivity index (χ3v) is 5.07. The van der Waals surface area contributed by atoms with Crippen LogP contribution in [0.1, 0.15) is 36.7 Å². The molecule has 0 radical (unpaired) electrons. The predicted molar refractivity (Wildman–Crippen MR) is 80.9 cm³/mol. The summed E-state index contributed by atoms with van der Waals surface area (Å²) < 4.78 is 23.4. The number of hydrogen-bond donors (Lipinski definition) is 0. The van der Waals surface area contributed by atoms with Crippen LogP contribution in [0.25, 0.3) is 0 Å². The Kier molecular flexibility index (Phi) is 3.13. The molecule has 4 nitrogen and oxygen atoms in total. The van der Waals surface area contributed by atoms with Gasteiger partial charge >= 0.3 is 0 Å². The van der Waals surface area contributed by atoms with Gasteiger partial charge in [-0.15, -0.1) is 0 Å². The van der Waals surface area contributed by atoms with E-state index in [1.165, 1.54) is 29.6 Å². The van der Waals surface area contributed by atoms with Gasteiger partial charge in [-0.2, -0.15) is 0 Å². The van der Waals surface area contributed by atoms with Crippen molar-refractivity contribution >= 4 is 9.84 Å². The van der Waals surface area contributed by atoms with E-state index in [1.54, 1.807) is 0 Å². The van der Waals surface area contributed by atoms with E-state index in [2.05, 4.69) is 35.9 Å². The Hall–Kier alpha value is -1.75. The summed E-state index contributed by atoms with van der Waals surface area (Å²) in [5.74, 6) is 0.614. The van der Waals surface area contributed by atoms with E-state index in [-0.39, 0.29) is 16.4 Å². The largest absolute Gasteiger partial charge is 0.241 e. The number of nitrogens with zero attached hydrogens (tertiary/aromatic N) is 2. The fourth-order valence-corrected chi connectivity index (χ4v) is 3.75. The molecule has 1 aliphatic rings. The first-order valence-corrected chi connectivity index (χ1v) is 8.79. The fourth-order valence-electron chi connectivity index (χ4n) is 3.18. The van der Waals surface area contributed by atoms with Crippen molar-refractivity contribution in [3.05, 3.63) is 53.5 Å². The van der Waals surface area contributed by atoms with Crippen LogP contribution in [0.5, 0.6) is 0 Å². The Morgan fingerprint density at radius 3 is 2.62 bits per heavy atom. The zero-order chi connectivity index (χ0) is 15.3. The topological polar surface area (TPSA) is 59.9 Å². The van der Waals surface area contributed by atoms with Crippen molar-refractivity contribution in [3.8, 4) is 0 Å². The third kappa shape index (κ3) is 2.46. The SMILES string of the molecule is CC1(C)Cc2ccccc2C1c1nccc(S(C)(=O)=O)n1. The van der Waals surface area contributed by atoms with Gasteiger partial charge < -0.3 is 0 Å². The molecule has 1 unspecified atom stereocenters. The lowest BCUT2D eigenvalue weighted by molar-refractivity contribution is 0.335. The summed E-state index contributed by atoms with van der Waals surface area (Å²) in [6, 6.07) is 9.70. The van der Waals surface area contributed by atoms with Crippen LogP contribution in [-0.2, 0) is 16.3 Å². The van der Waals surface area contributed by atoms with Crippen LogP contribution in [0.15, 0.2) is 41.6 Å². The Morgan fingerprint density at radius 2 is 1.90 bits per heavy atom. The standard InChI is InChI=1S/C16H18N2O2S/c1-16(2)10-11-6-4-5-7-12(11)14(16)15-17-9-8-13(18-15)21(3,19)20/h4-9,14H,10H2,1-3H3. The highest BCUT2D eigenvalue weighted by molar-refractivity contribution is 7.90. The van der Waals surface area contributed by atoms with Crippen LogP contribution in [0, 0.1) is 5.41 Å². The van der Waals surface area contributed by atoms with Gasteiger partial charge in [0.2, 0.25) is 0 Å². The van der Waals surface area contributed by atoms with Gasteiger partial charge in [0.1, 0.15) is 5.82 Å². The number of fused-ring (bicyclic) bond motifs is 1. The minimum Gasteiger partial charge on any atom is -0.241 e. The Morgan fingerprint density at radius 1 is 1.19 bits per heavy atom. The summed E-state index contributed by atoms with van der Waals surface area (Å²) in [7, 11) is -3.32. The van der Waals surface area contributed by atoms with Crippen LogP contribution >= 0.6 is 0 Å². The summed E-state index contributed by atoms with van der Waals surface area (Å²) >= 11 is 0. The van der Waals surface area contributed by atoms with Crippen LogP contribution in [0.2, 0.25) is 0 Å². The quantitative estimate of drug-likeness (QED) is 0.800. The van der Waals surface area contributed by atoms with Crippen LogP contribution < -0.4 is 0 Å². The van der Waals surface area contributed by atoms with Gasteiger partial charge in [-0.1, -0.05) is 38.1 Å². The van der Waals surface area contributed by atoms with E-state index in [0.29, 0.717) is 5.82 Å². The lowest BCUT2D eigenvalue weighted by atomic mass is 9.79. The molecule has 5 heteroatoms. The first-order chi connectivity index (χ1) is 9.79. The number of sulfone groups is 1. The first kappa shape index (κ1) is 14.2. The van der Waals surface area contributed by atoms with Crippen molar-refractivity contribution < 1.29 is 8.42 Å². The molecule has 1 atom stereocenters. The zero-order valence-electron chi connectivity index (χ0n) is 12.4.